The van der Waals surface area contributed by atoms with Gasteiger partial charge in [0.25, 0.3) is 0 Å². The Hall–Kier alpha value is -1.67. The minimum atomic E-state index is -0.620. The molecule has 2 rings (SSSR count). The number of aryl methyl sites for hydroxylation is 2. The number of ether oxygens (including phenoxy) is 1. The van der Waals surface area contributed by atoms with Crippen LogP contribution in [0.15, 0.2) is 6.07 Å². The lowest BCUT2D eigenvalue weighted by molar-refractivity contribution is -0.0187. The third kappa shape index (κ3) is 3.26. The molecule has 1 aromatic heterocycles. The van der Waals surface area contributed by atoms with E-state index >= 15 is 0 Å². The first-order valence-electron chi connectivity index (χ1n) is 7.21. The highest BCUT2D eigenvalue weighted by molar-refractivity contribution is 5.34. The second-order valence-electron chi connectivity index (χ2n) is 5.39. The van der Waals surface area contributed by atoms with Crippen LogP contribution in [0.25, 0.3) is 0 Å². The SMILES string of the molecule is CCCOC1(C#N)CCN(c2nc(C)cc(C)n2)CC1. The van der Waals surface area contributed by atoms with Crippen molar-refractivity contribution >= 4 is 5.95 Å². The van der Waals surface area contributed by atoms with Gasteiger partial charge >= 0.3 is 0 Å². The number of nitriles is 1. The third-order valence-corrected chi connectivity index (χ3v) is 3.61. The highest BCUT2D eigenvalue weighted by Gasteiger charge is 2.36. The Labute approximate surface area is 120 Å². The Morgan fingerprint density at radius 2 is 1.90 bits per heavy atom. The van der Waals surface area contributed by atoms with Gasteiger partial charge in [-0.3, -0.25) is 0 Å². The molecule has 0 spiro atoms. The summed E-state index contributed by atoms with van der Waals surface area (Å²) in [4.78, 5) is 11.1. The average Bonchev–Trinajstić information content (AvgIpc) is 2.44. The predicted octanol–water partition coefficient (Wildman–Crippen LogP) is 2.38. The molecule has 0 N–H and O–H groups in total. The molecule has 5 nitrogen and oxygen atoms in total. The molecule has 0 bridgehead atoms. The lowest BCUT2D eigenvalue weighted by Gasteiger charge is -2.37. The normalized spacial score (nSPS) is 17.8. The Morgan fingerprint density at radius 3 is 2.40 bits per heavy atom. The topological polar surface area (TPSA) is 62.0 Å². The van der Waals surface area contributed by atoms with Crippen molar-refractivity contribution in [1.82, 2.24) is 9.97 Å². The van der Waals surface area contributed by atoms with Crippen molar-refractivity contribution < 1.29 is 4.74 Å². The van der Waals surface area contributed by atoms with Gasteiger partial charge in [-0.25, -0.2) is 9.97 Å². The molecule has 0 saturated carbocycles. The van der Waals surface area contributed by atoms with E-state index in [0.717, 1.165) is 36.8 Å². The summed E-state index contributed by atoms with van der Waals surface area (Å²) in [6.07, 6.45) is 2.35. The molecule has 0 unspecified atom stereocenters. The summed E-state index contributed by atoms with van der Waals surface area (Å²) >= 11 is 0. The van der Waals surface area contributed by atoms with Crippen molar-refractivity contribution in [3.05, 3.63) is 17.5 Å². The lowest BCUT2D eigenvalue weighted by atomic mass is 9.93. The van der Waals surface area contributed by atoms with Crippen LogP contribution in [0.5, 0.6) is 0 Å². The van der Waals surface area contributed by atoms with Crippen LogP contribution in [-0.4, -0.2) is 35.3 Å². The molecular weight excluding hydrogens is 252 g/mol. The Bertz CT molecular complexity index is 481. The monoisotopic (exact) mass is 274 g/mol. The largest absolute Gasteiger partial charge is 0.360 e. The van der Waals surface area contributed by atoms with Crippen LogP contribution in [0.2, 0.25) is 0 Å². The summed E-state index contributed by atoms with van der Waals surface area (Å²) in [5.74, 6) is 0.768. The minimum absolute atomic E-state index is 0.620. The van der Waals surface area contributed by atoms with E-state index in [1.54, 1.807) is 0 Å². The molecule has 108 valence electrons. The molecule has 0 aliphatic carbocycles. The standard InChI is InChI=1S/C15H22N4O/c1-4-9-20-15(11-16)5-7-19(8-6-15)14-17-12(2)10-13(3)18-14/h10H,4-9H2,1-3H3. The number of hydrogen-bond donors (Lipinski definition) is 0. The summed E-state index contributed by atoms with van der Waals surface area (Å²) in [5, 5.41) is 9.39. The van der Waals surface area contributed by atoms with Gasteiger partial charge in [0.05, 0.1) is 6.07 Å². The van der Waals surface area contributed by atoms with Crippen molar-refractivity contribution in [2.45, 2.75) is 45.6 Å². The average molecular weight is 274 g/mol. The van der Waals surface area contributed by atoms with Crippen LogP contribution in [0.3, 0.4) is 0 Å². The summed E-state index contributed by atoms with van der Waals surface area (Å²) in [6, 6.07) is 4.33. The zero-order valence-corrected chi connectivity index (χ0v) is 12.5. The van der Waals surface area contributed by atoms with Crippen LogP contribution in [0.1, 0.15) is 37.6 Å². The summed E-state index contributed by atoms with van der Waals surface area (Å²) < 4.78 is 5.77. The maximum absolute atomic E-state index is 9.39. The van der Waals surface area contributed by atoms with Gasteiger partial charge in [-0.05, 0) is 26.3 Å². The molecule has 0 atom stereocenters. The number of nitrogens with zero attached hydrogens (tertiary/aromatic N) is 4. The zero-order chi connectivity index (χ0) is 14.6. The van der Waals surface area contributed by atoms with E-state index in [9.17, 15) is 5.26 Å². The van der Waals surface area contributed by atoms with Crippen LogP contribution in [0, 0.1) is 25.2 Å². The van der Waals surface area contributed by atoms with E-state index in [1.165, 1.54) is 0 Å². The van der Waals surface area contributed by atoms with Crippen LogP contribution in [0.4, 0.5) is 5.95 Å². The Balaban J connectivity index is 2.05. The molecular formula is C15H22N4O. The van der Waals surface area contributed by atoms with Gasteiger partial charge in [-0.2, -0.15) is 5.26 Å². The first-order chi connectivity index (χ1) is 9.58. The van der Waals surface area contributed by atoms with E-state index in [1.807, 2.05) is 19.9 Å². The van der Waals surface area contributed by atoms with E-state index < -0.39 is 5.60 Å². The van der Waals surface area contributed by atoms with E-state index in [0.29, 0.717) is 19.4 Å². The molecule has 2 heterocycles. The van der Waals surface area contributed by atoms with Crippen LogP contribution >= 0.6 is 0 Å². The van der Waals surface area contributed by atoms with Gasteiger partial charge in [0.1, 0.15) is 0 Å². The molecule has 1 saturated heterocycles. The van der Waals surface area contributed by atoms with Crippen molar-refractivity contribution in [3.8, 4) is 6.07 Å². The number of aromatic nitrogens is 2. The molecule has 0 radical (unpaired) electrons. The summed E-state index contributed by atoms with van der Waals surface area (Å²) in [6.45, 7) is 8.19. The summed E-state index contributed by atoms with van der Waals surface area (Å²) in [5.41, 5.74) is 1.34. The molecule has 0 amide bonds. The maximum atomic E-state index is 9.39. The zero-order valence-electron chi connectivity index (χ0n) is 12.5. The lowest BCUT2D eigenvalue weighted by Crippen LogP contribution is -2.46. The van der Waals surface area contributed by atoms with Crippen molar-refractivity contribution in [3.63, 3.8) is 0 Å². The van der Waals surface area contributed by atoms with Crippen molar-refractivity contribution in [2.75, 3.05) is 24.6 Å². The van der Waals surface area contributed by atoms with Gasteiger partial charge in [-0.15, -0.1) is 0 Å². The Kier molecular flexibility index (Phi) is 4.56. The fourth-order valence-electron chi connectivity index (χ4n) is 2.50. The fraction of sp³-hybridized carbons (Fsp3) is 0.667. The minimum Gasteiger partial charge on any atom is -0.360 e. The third-order valence-electron chi connectivity index (χ3n) is 3.61. The summed E-state index contributed by atoms with van der Waals surface area (Å²) in [7, 11) is 0. The van der Waals surface area contributed by atoms with Crippen molar-refractivity contribution in [2.24, 2.45) is 0 Å². The molecule has 1 aromatic rings. The number of rotatable bonds is 4. The van der Waals surface area contributed by atoms with Gasteiger partial charge in [0, 0.05) is 43.9 Å². The Morgan fingerprint density at radius 1 is 1.30 bits per heavy atom. The second-order valence-corrected chi connectivity index (χ2v) is 5.39. The molecule has 20 heavy (non-hydrogen) atoms. The number of hydrogen-bond acceptors (Lipinski definition) is 5. The van der Waals surface area contributed by atoms with Crippen LogP contribution < -0.4 is 4.90 Å². The van der Waals surface area contributed by atoms with Gasteiger partial charge in [0.2, 0.25) is 5.95 Å². The number of piperidine rings is 1. The quantitative estimate of drug-likeness (QED) is 0.843. The van der Waals surface area contributed by atoms with Crippen LogP contribution in [-0.2, 0) is 4.74 Å². The maximum Gasteiger partial charge on any atom is 0.225 e. The second kappa shape index (κ2) is 6.19. The van der Waals surface area contributed by atoms with E-state index in [2.05, 4.69) is 27.9 Å². The van der Waals surface area contributed by atoms with Gasteiger partial charge in [-0.1, -0.05) is 6.92 Å². The van der Waals surface area contributed by atoms with E-state index in [-0.39, 0.29) is 0 Å². The van der Waals surface area contributed by atoms with Crippen molar-refractivity contribution in [1.29, 1.82) is 5.26 Å². The molecule has 0 aromatic carbocycles. The molecule has 1 fully saturated rings. The van der Waals surface area contributed by atoms with E-state index in [4.69, 9.17) is 4.74 Å². The molecule has 1 aliphatic heterocycles. The predicted molar refractivity (Wildman–Crippen MR) is 77.5 cm³/mol. The first-order valence-corrected chi connectivity index (χ1v) is 7.21. The molecule has 1 aliphatic rings. The fourth-order valence-corrected chi connectivity index (χ4v) is 2.50. The first kappa shape index (κ1) is 14.7. The van der Waals surface area contributed by atoms with Gasteiger partial charge < -0.3 is 9.64 Å². The smallest absolute Gasteiger partial charge is 0.225 e. The van der Waals surface area contributed by atoms with Gasteiger partial charge in [0.15, 0.2) is 5.60 Å². The molecule has 5 heteroatoms. The highest BCUT2D eigenvalue weighted by Crippen LogP contribution is 2.27. The number of anilines is 1. The highest BCUT2D eigenvalue weighted by atomic mass is 16.5.